The molecule has 2 N–H and O–H groups in total. The van der Waals surface area contributed by atoms with Gasteiger partial charge in [0.05, 0.1) is 18.5 Å². The fraction of sp³-hybridized carbons (Fsp3) is 0.125. The van der Waals surface area contributed by atoms with E-state index in [4.69, 9.17) is 9.47 Å². The van der Waals surface area contributed by atoms with Crippen molar-refractivity contribution in [3.63, 3.8) is 0 Å². The van der Waals surface area contributed by atoms with Gasteiger partial charge in [-0.1, -0.05) is 12.1 Å². The molecule has 4 aromatic rings. The molecule has 8 nitrogen and oxygen atoms in total. The Hall–Kier alpha value is -4.33. The molecule has 0 spiro atoms. The number of pyridine rings is 1. The molecule has 0 saturated heterocycles. The van der Waals surface area contributed by atoms with E-state index in [-0.39, 0.29) is 18.4 Å². The van der Waals surface area contributed by atoms with Gasteiger partial charge in [0.25, 0.3) is 5.91 Å². The minimum atomic E-state index is -0.332. The number of carbonyl (C=O) groups is 2. The maximum Gasteiger partial charge on any atom is 0.255 e. The zero-order valence-electron chi connectivity index (χ0n) is 17.7. The van der Waals surface area contributed by atoms with E-state index in [2.05, 4.69) is 15.6 Å². The number of amides is 2. The lowest BCUT2D eigenvalue weighted by Crippen LogP contribution is -2.13. The molecule has 32 heavy (non-hydrogen) atoms. The number of hydrogen-bond donors (Lipinski definition) is 2. The van der Waals surface area contributed by atoms with Gasteiger partial charge in [0.15, 0.2) is 0 Å². The van der Waals surface area contributed by atoms with Crippen molar-refractivity contribution in [2.75, 3.05) is 17.7 Å². The number of rotatable bonds is 7. The Balaban J connectivity index is 1.46. The summed E-state index contributed by atoms with van der Waals surface area (Å²) in [5.74, 6) is 0.490. The van der Waals surface area contributed by atoms with E-state index < -0.39 is 0 Å². The highest BCUT2D eigenvalue weighted by molar-refractivity contribution is 6.05. The van der Waals surface area contributed by atoms with Crippen LogP contribution in [0.3, 0.4) is 0 Å². The van der Waals surface area contributed by atoms with Crippen molar-refractivity contribution in [2.24, 2.45) is 0 Å². The number of imidazole rings is 1. The van der Waals surface area contributed by atoms with Crippen LogP contribution in [0.25, 0.3) is 5.65 Å². The Morgan fingerprint density at radius 2 is 1.91 bits per heavy atom. The van der Waals surface area contributed by atoms with E-state index in [1.54, 1.807) is 42.5 Å². The molecular weight excluding hydrogens is 408 g/mol. The predicted octanol–water partition coefficient (Wildman–Crippen LogP) is 4.13. The van der Waals surface area contributed by atoms with Gasteiger partial charge in [-0.05, 0) is 48.5 Å². The summed E-state index contributed by atoms with van der Waals surface area (Å²) < 4.78 is 13.1. The van der Waals surface area contributed by atoms with E-state index in [0.717, 1.165) is 11.3 Å². The van der Waals surface area contributed by atoms with Gasteiger partial charge in [0, 0.05) is 30.6 Å². The summed E-state index contributed by atoms with van der Waals surface area (Å²) in [5.41, 5.74) is 3.04. The lowest BCUT2D eigenvalue weighted by Gasteiger charge is -2.13. The number of ether oxygens (including phenoxy) is 2. The van der Waals surface area contributed by atoms with Crippen molar-refractivity contribution in [1.82, 2.24) is 9.38 Å². The topological polar surface area (TPSA) is 94.0 Å². The predicted molar refractivity (Wildman–Crippen MR) is 121 cm³/mol. The molecule has 0 fully saturated rings. The summed E-state index contributed by atoms with van der Waals surface area (Å²) in [7, 11) is 1.51. The number of carbonyl (C=O) groups excluding carboxylic acids is 2. The smallest absolute Gasteiger partial charge is 0.255 e. The van der Waals surface area contributed by atoms with Crippen LogP contribution in [-0.2, 0) is 11.4 Å². The fourth-order valence-electron chi connectivity index (χ4n) is 3.22. The first-order valence-electron chi connectivity index (χ1n) is 9.94. The molecule has 0 atom stereocenters. The number of aromatic nitrogens is 2. The molecule has 8 heteroatoms. The molecule has 162 valence electrons. The van der Waals surface area contributed by atoms with Crippen molar-refractivity contribution in [2.45, 2.75) is 13.5 Å². The van der Waals surface area contributed by atoms with Crippen LogP contribution in [-0.4, -0.2) is 28.3 Å². The standard InChI is InChI=1S/C24H22N4O4/c1-16(29)25-18-9-10-22(31-2)21(13-18)27-24(30)17-6-5-7-20(12-17)32-15-19-14-28-11-4-3-8-23(28)26-19/h3-14H,15H2,1-2H3,(H,25,29)(H,27,30). The molecule has 0 bridgehead atoms. The van der Waals surface area contributed by atoms with E-state index in [1.165, 1.54) is 14.0 Å². The Kier molecular flexibility index (Phi) is 6.03. The second-order valence-corrected chi connectivity index (χ2v) is 7.07. The van der Waals surface area contributed by atoms with Crippen LogP contribution < -0.4 is 20.1 Å². The van der Waals surface area contributed by atoms with Crippen LogP contribution in [0.15, 0.2) is 73.1 Å². The second-order valence-electron chi connectivity index (χ2n) is 7.07. The number of benzene rings is 2. The third kappa shape index (κ3) is 4.86. The van der Waals surface area contributed by atoms with Crippen LogP contribution in [0.2, 0.25) is 0 Å². The number of methoxy groups -OCH3 is 1. The molecule has 0 unspecified atom stereocenters. The second kappa shape index (κ2) is 9.22. The first kappa shape index (κ1) is 20.9. The van der Waals surface area contributed by atoms with Crippen LogP contribution in [0.5, 0.6) is 11.5 Å². The molecule has 2 aromatic carbocycles. The summed E-state index contributed by atoms with van der Waals surface area (Å²) in [6.07, 6.45) is 3.83. The molecule has 2 aromatic heterocycles. The van der Waals surface area contributed by atoms with Gasteiger partial charge in [-0.3, -0.25) is 9.59 Å². The average Bonchev–Trinajstić information content (AvgIpc) is 3.21. The number of anilines is 2. The molecule has 0 saturated carbocycles. The van der Waals surface area contributed by atoms with E-state index in [0.29, 0.717) is 28.4 Å². The van der Waals surface area contributed by atoms with Gasteiger partial charge >= 0.3 is 0 Å². The lowest BCUT2D eigenvalue weighted by atomic mass is 10.2. The summed E-state index contributed by atoms with van der Waals surface area (Å²) in [6.45, 7) is 1.69. The Morgan fingerprint density at radius 3 is 2.69 bits per heavy atom. The fourth-order valence-corrected chi connectivity index (χ4v) is 3.22. The van der Waals surface area contributed by atoms with Crippen molar-refractivity contribution < 1.29 is 19.1 Å². The molecule has 2 heterocycles. The van der Waals surface area contributed by atoms with Gasteiger partial charge in [-0.15, -0.1) is 0 Å². The SMILES string of the molecule is COc1ccc(NC(C)=O)cc1NC(=O)c1cccc(OCc2cn3ccccc3n2)c1. The zero-order valence-corrected chi connectivity index (χ0v) is 17.7. The number of fused-ring (bicyclic) bond motifs is 1. The Morgan fingerprint density at radius 1 is 1.03 bits per heavy atom. The normalized spacial score (nSPS) is 10.6. The van der Waals surface area contributed by atoms with E-state index >= 15 is 0 Å². The maximum absolute atomic E-state index is 12.8. The van der Waals surface area contributed by atoms with Crippen LogP contribution in [0.4, 0.5) is 11.4 Å². The monoisotopic (exact) mass is 430 g/mol. The molecule has 2 amide bonds. The zero-order chi connectivity index (χ0) is 22.5. The minimum Gasteiger partial charge on any atom is -0.495 e. The summed E-state index contributed by atoms with van der Waals surface area (Å²) >= 11 is 0. The van der Waals surface area contributed by atoms with Gasteiger partial charge in [0.2, 0.25) is 5.91 Å². The van der Waals surface area contributed by atoms with Gasteiger partial charge in [-0.25, -0.2) is 4.98 Å². The minimum absolute atomic E-state index is 0.206. The highest BCUT2D eigenvalue weighted by atomic mass is 16.5. The number of nitrogens with one attached hydrogen (secondary N) is 2. The third-order valence-electron chi connectivity index (χ3n) is 4.66. The number of nitrogens with zero attached hydrogens (tertiary/aromatic N) is 2. The van der Waals surface area contributed by atoms with Gasteiger partial charge < -0.3 is 24.5 Å². The molecule has 0 radical (unpaired) electrons. The third-order valence-corrected chi connectivity index (χ3v) is 4.66. The van der Waals surface area contributed by atoms with Gasteiger partial charge in [0.1, 0.15) is 23.8 Å². The van der Waals surface area contributed by atoms with Crippen LogP contribution >= 0.6 is 0 Å². The first-order valence-corrected chi connectivity index (χ1v) is 9.94. The Bertz CT molecular complexity index is 1250. The van der Waals surface area contributed by atoms with Gasteiger partial charge in [-0.2, -0.15) is 0 Å². The molecule has 0 aliphatic carbocycles. The van der Waals surface area contributed by atoms with Crippen molar-refractivity contribution >= 4 is 28.8 Å². The van der Waals surface area contributed by atoms with Crippen molar-refractivity contribution in [3.05, 3.63) is 84.3 Å². The molecular formula is C24H22N4O4. The largest absolute Gasteiger partial charge is 0.495 e. The molecule has 0 aliphatic heterocycles. The number of hydrogen-bond acceptors (Lipinski definition) is 5. The van der Waals surface area contributed by atoms with E-state index in [1.807, 2.05) is 35.0 Å². The van der Waals surface area contributed by atoms with Crippen molar-refractivity contribution in [3.8, 4) is 11.5 Å². The highest BCUT2D eigenvalue weighted by Crippen LogP contribution is 2.28. The summed E-state index contributed by atoms with van der Waals surface area (Å²) in [5, 5.41) is 5.51. The summed E-state index contributed by atoms with van der Waals surface area (Å²) in [6, 6.07) is 17.7. The first-order chi connectivity index (χ1) is 15.5. The summed E-state index contributed by atoms with van der Waals surface area (Å²) in [4.78, 5) is 28.7. The maximum atomic E-state index is 12.8. The lowest BCUT2D eigenvalue weighted by molar-refractivity contribution is -0.114. The Labute approximate surface area is 184 Å². The van der Waals surface area contributed by atoms with Crippen molar-refractivity contribution in [1.29, 1.82) is 0 Å². The van der Waals surface area contributed by atoms with Crippen LogP contribution in [0, 0.1) is 0 Å². The van der Waals surface area contributed by atoms with E-state index in [9.17, 15) is 9.59 Å². The molecule has 4 rings (SSSR count). The molecule has 0 aliphatic rings. The van der Waals surface area contributed by atoms with Crippen LogP contribution in [0.1, 0.15) is 23.0 Å². The quantitative estimate of drug-likeness (QED) is 0.460. The average molecular weight is 430 g/mol. The highest BCUT2D eigenvalue weighted by Gasteiger charge is 2.12.